The smallest absolute Gasteiger partial charge is 0.0598 e. The van der Waals surface area contributed by atoms with E-state index in [9.17, 15) is 5.11 Å². The average molecular weight is 243 g/mol. The van der Waals surface area contributed by atoms with E-state index in [1.54, 1.807) is 0 Å². The van der Waals surface area contributed by atoms with Crippen molar-refractivity contribution in [3.8, 4) is 0 Å². The molecule has 0 radical (unpaired) electrons. The highest BCUT2D eigenvalue weighted by Gasteiger charge is 2.16. The molecule has 3 nitrogen and oxygen atoms in total. The van der Waals surface area contributed by atoms with Crippen LogP contribution in [0.15, 0.2) is 0 Å². The number of aliphatic hydroxyl groups excluding tert-OH is 1. The molecule has 1 heterocycles. The first kappa shape index (κ1) is 14.9. The van der Waals surface area contributed by atoms with Gasteiger partial charge in [-0.1, -0.05) is 6.42 Å². The number of unbranched alkanes of at least 4 members (excludes halogenated alkanes) is 1. The highest BCUT2D eigenvalue weighted by Crippen LogP contribution is 2.15. The molecule has 3 heteroatoms. The second-order valence-electron chi connectivity index (χ2n) is 6.16. The zero-order valence-corrected chi connectivity index (χ0v) is 11.7. The highest BCUT2D eigenvalue weighted by molar-refractivity contribution is 4.68. The summed E-state index contributed by atoms with van der Waals surface area (Å²) in [6.45, 7) is 10.9. The first-order valence-corrected chi connectivity index (χ1v) is 6.98. The second-order valence-corrected chi connectivity index (χ2v) is 6.16. The normalized spacial score (nSPS) is 19.1. The lowest BCUT2D eigenvalue weighted by atomic mass is 10.0. The number of hydrogen-bond acceptors (Lipinski definition) is 3. The van der Waals surface area contributed by atoms with E-state index in [-0.39, 0.29) is 12.2 Å². The third-order valence-electron chi connectivity index (χ3n) is 3.30. The molecule has 1 aliphatic heterocycles. The maximum absolute atomic E-state index is 9.30. The molecule has 1 atom stereocenters. The van der Waals surface area contributed by atoms with E-state index in [0.29, 0.717) is 12.5 Å². The van der Waals surface area contributed by atoms with Gasteiger partial charge < -0.3 is 14.7 Å². The van der Waals surface area contributed by atoms with Crippen LogP contribution in [0.1, 0.15) is 46.5 Å². The molecule has 0 saturated carbocycles. The molecular formula is C14H29NO2. The summed E-state index contributed by atoms with van der Waals surface area (Å²) < 4.78 is 5.72. The number of likely N-dealkylation sites (tertiary alicyclic amines) is 1. The van der Waals surface area contributed by atoms with Crippen molar-refractivity contribution in [1.82, 2.24) is 4.90 Å². The molecule has 0 aromatic carbocycles. The van der Waals surface area contributed by atoms with Crippen molar-refractivity contribution in [2.24, 2.45) is 5.92 Å². The largest absolute Gasteiger partial charge is 0.396 e. The molecule has 17 heavy (non-hydrogen) atoms. The molecule has 1 saturated heterocycles. The van der Waals surface area contributed by atoms with E-state index < -0.39 is 0 Å². The van der Waals surface area contributed by atoms with Crippen LogP contribution in [0.2, 0.25) is 0 Å². The Hall–Kier alpha value is -0.120. The van der Waals surface area contributed by atoms with Crippen molar-refractivity contribution in [2.75, 3.05) is 32.8 Å². The van der Waals surface area contributed by atoms with Gasteiger partial charge >= 0.3 is 0 Å². The molecule has 0 aromatic rings. The summed E-state index contributed by atoms with van der Waals surface area (Å²) >= 11 is 0. The lowest BCUT2D eigenvalue weighted by molar-refractivity contribution is -0.0329. The fourth-order valence-corrected chi connectivity index (χ4v) is 1.97. The van der Waals surface area contributed by atoms with Gasteiger partial charge in [-0.2, -0.15) is 0 Å². The van der Waals surface area contributed by atoms with E-state index in [2.05, 4.69) is 25.7 Å². The minimum Gasteiger partial charge on any atom is -0.396 e. The Balaban J connectivity index is 2.01. The van der Waals surface area contributed by atoms with Gasteiger partial charge in [0.25, 0.3) is 0 Å². The fraction of sp³-hybridized carbons (Fsp3) is 1.00. The van der Waals surface area contributed by atoms with Gasteiger partial charge in [-0.25, -0.2) is 0 Å². The Kier molecular flexibility index (Phi) is 6.45. The van der Waals surface area contributed by atoms with Crippen LogP contribution in [0.25, 0.3) is 0 Å². The van der Waals surface area contributed by atoms with E-state index in [4.69, 9.17) is 4.74 Å². The minimum absolute atomic E-state index is 0.0922. The SMILES string of the molecule is CC(C)(C)OC[C@H](CO)CCCCN1CCC1. The number of hydrogen-bond donors (Lipinski definition) is 1. The summed E-state index contributed by atoms with van der Waals surface area (Å²) in [7, 11) is 0. The second kappa shape index (κ2) is 7.34. The summed E-state index contributed by atoms with van der Waals surface area (Å²) in [5, 5.41) is 9.30. The summed E-state index contributed by atoms with van der Waals surface area (Å²) in [6, 6.07) is 0. The van der Waals surface area contributed by atoms with Crippen LogP contribution in [-0.2, 0) is 4.74 Å². The van der Waals surface area contributed by atoms with Crippen molar-refractivity contribution in [2.45, 2.75) is 52.1 Å². The van der Waals surface area contributed by atoms with Gasteiger partial charge in [0, 0.05) is 12.5 Å². The minimum atomic E-state index is -0.0922. The molecule has 1 aliphatic rings. The van der Waals surface area contributed by atoms with Gasteiger partial charge in [-0.15, -0.1) is 0 Å². The lowest BCUT2D eigenvalue weighted by Gasteiger charge is -2.30. The molecule has 1 N–H and O–H groups in total. The number of ether oxygens (including phenoxy) is 1. The Bertz CT molecular complexity index is 197. The molecule has 0 aromatic heterocycles. The first-order valence-electron chi connectivity index (χ1n) is 6.98. The number of nitrogens with zero attached hydrogens (tertiary/aromatic N) is 1. The van der Waals surface area contributed by atoms with Crippen molar-refractivity contribution in [1.29, 1.82) is 0 Å². The average Bonchev–Trinajstić information content (AvgIpc) is 2.18. The van der Waals surface area contributed by atoms with Crippen LogP contribution in [0, 0.1) is 5.92 Å². The van der Waals surface area contributed by atoms with Crippen LogP contribution < -0.4 is 0 Å². The molecule has 0 spiro atoms. The Morgan fingerprint density at radius 3 is 2.41 bits per heavy atom. The zero-order valence-electron chi connectivity index (χ0n) is 11.7. The molecular weight excluding hydrogens is 214 g/mol. The molecule has 1 rings (SSSR count). The Labute approximate surface area is 106 Å². The zero-order chi connectivity index (χ0) is 12.7. The molecule has 0 unspecified atom stereocenters. The Morgan fingerprint density at radius 1 is 1.24 bits per heavy atom. The van der Waals surface area contributed by atoms with Crippen LogP contribution in [-0.4, -0.2) is 48.5 Å². The monoisotopic (exact) mass is 243 g/mol. The highest BCUT2D eigenvalue weighted by atomic mass is 16.5. The third kappa shape index (κ3) is 7.02. The third-order valence-corrected chi connectivity index (χ3v) is 3.30. The molecule has 0 bridgehead atoms. The molecule has 102 valence electrons. The molecule has 0 aliphatic carbocycles. The van der Waals surface area contributed by atoms with Gasteiger partial charge in [0.2, 0.25) is 0 Å². The van der Waals surface area contributed by atoms with E-state index in [0.717, 1.165) is 6.42 Å². The van der Waals surface area contributed by atoms with Gasteiger partial charge in [0.05, 0.1) is 12.2 Å². The van der Waals surface area contributed by atoms with Crippen molar-refractivity contribution < 1.29 is 9.84 Å². The van der Waals surface area contributed by atoms with Gasteiger partial charge in [-0.3, -0.25) is 0 Å². The number of aliphatic hydroxyl groups is 1. The Morgan fingerprint density at radius 2 is 1.94 bits per heavy atom. The van der Waals surface area contributed by atoms with Crippen LogP contribution in [0.5, 0.6) is 0 Å². The summed E-state index contributed by atoms with van der Waals surface area (Å²) in [5.41, 5.74) is -0.0922. The molecule has 0 amide bonds. The maximum atomic E-state index is 9.30. The number of rotatable bonds is 8. The van der Waals surface area contributed by atoms with E-state index in [1.807, 2.05) is 0 Å². The summed E-state index contributed by atoms with van der Waals surface area (Å²) in [5.74, 6) is 0.311. The van der Waals surface area contributed by atoms with Crippen molar-refractivity contribution in [3.05, 3.63) is 0 Å². The fourth-order valence-electron chi connectivity index (χ4n) is 1.97. The quantitative estimate of drug-likeness (QED) is 0.664. The lowest BCUT2D eigenvalue weighted by Crippen LogP contribution is -2.37. The predicted molar refractivity (Wildman–Crippen MR) is 71.2 cm³/mol. The van der Waals surface area contributed by atoms with Gasteiger partial charge in [-0.05, 0) is 59.7 Å². The predicted octanol–water partition coefficient (Wildman–Crippen LogP) is 2.29. The van der Waals surface area contributed by atoms with Crippen LogP contribution in [0.4, 0.5) is 0 Å². The van der Waals surface area contributed by atoms with Gasteiger partial charge in [0.1, 0.15) is 0 Å². The van der Waals surface area contributed by atoms with Crippen LogP contribution in [0.3, 0.4) is 0 Å². The summed E-state index contributed by atoms with van der Waals surface area (Å²) in [4.78, 5) is 2.50. The topological polar surface area (TPSA) is 32.7 Å². The van der Waals surface area contributed by atoms with Crippen molar-refractivity contribution in [3.63, 3.8) is 0 Å². The van der Waals surface area contributed by atoms with E-state index >= 15 is 0 Å². The van der Waals surface area contributed by atoms with Crippen LogP contribution >= 0.6 is 0 Å². The summed E-state index contributed by atoms with van der Waals surface area (Å²) in [6.07, 6.45) is 4.92. The first-order chi connectivity index (χ1) is 8.01. The van der Waals surface area contributed by atoms with Gasteiger partial charge in [0.15, 0.2) is 0 Å². The van der Waals surface area contributed by atoms with E-state index in [1.165, 1.54) is 38.9 Å². The standard InChI is InChI=1S/C14H29NO2/c1-14(2,3)17-12-13(11-16)7-4-5-8-15-9-6-10-15/h13,16H,4-12H2,1-3H3/t13-/m0/s1. The maximum Gasteiger partial charge on any atom is 0.0598 e. The molecule has 1 fully saturated rings. The van der Waals surface area contributed by atoms with Crippen molar-refractivity contribution >= 4 is 0 Å².